The standard InChI is InChI=1S/C17H18N2S/c18-10-16(19-11-13-6-2-1-3-7-13)15-12-20-17-9-5-4-8-14(15)17/h1-9,12,16,19H,10-11,18H2. The number of rotatable bonds is 5. The normalized spacial score (nSPS) is 12.7. The number of nitrogens with one attached hydrogen (secondary N) is 1. The van der Waals surface area contributed by atoms with E-state index in [-0.39, 0.29) is 6.04 Å². The molecule has 0 fully saturated rings. The number of hydrogen-bond acceptors (Lipinski definition) is 3. The topological polar surface area (TPSA) is 38.0 Å². The zero-order valence-electron chi connectivity index (χ0n) is 11.3. The van der Waals surface area contributed by atoms with Gasteiger partial charge in [0.1, 0.15) is 0 Å². The summed E-state index contributed by atoms with van der Waals surface area (Å²) in [7, 11) is 0. The summed E-state index contributed by atoms with van der Waals surface area (Å²) in [5.41, 5.74) is 8.55. The van der Waals surface area contributed by atoms with Gasteiger partial charge in [-0.2, -0.15) is 0 Å². The van der Waals surface area contributed by atoms with Crippen LogP contribution in [0.3, 0.4) is 0 Å². The van der Waals surface area contributed by atoms with Gasteiger partial charge < -0.3 is 11.1 Å². The van der Waals surface area contributed by atoms with E-state index in [9.17, 15) is 0 Å². The van der Waals surface area contributed by atoms with Gasteiger partial charge >= 0.3 is 0 Å². The molecule has 102 valence electrons. The Labute approximate surface area is 123 Å². The molecule has 0 radical (unpaired) electrons. The molecular weight excluding hydrogens is 264 g/mol. The molecule has 3 rings (SSSR count). The van der Waals surface area contributed by atoms with Crippen LogP contribution in [-0.4, -0.2) is 6.54 Å². The summed E-state index contributed by atoms with van der Waals surface area (Å²) >= 11 is 1.78. The van der Waals surface area contributed by atoms with Crippen LogP contribution in [0.4, 0.5) is 0 Å². The van der Waals surface area contributed by atoms with Crippen LogP contribution in [0.1, 0.15) is 17.2 Å². The second-order valence-corrected chi connectivity index (χ2v) is 5.75. The Balaban J connectivity index is 1.79. The molecule has 1 aromatic heterocycles. The van der Waals surface area contributed by atoms with Crippen LogP contribution in [0.2, 0.25) is 0 Å². The van der Waals surface area contributed by atoms with Crippen molar-refractivity contribution in [1.82, 2.24) is 5.32 Å². The third-order valence-corrected chi connectivity index (χ3v) is 4.50. The number of nitrogens with two attached hydrogens (primary N) is 1. The predicted molar refractivity (Wildman–Crippen MR) is 86.9 cm³/mol. The Hall–Kier alpha value is -1.68. The van der Waals surface area contributed by atoms with Gasteiger partial charge in [0.15, 0.2) is 0 Å². The molecular formula is C17H18N2S. The lowest BCUT2D eigenvalue weighted by molar-refractivity contribution is 0.546. The fourth-order valence-electron chi connectivity index (χ4n) is 2.43. The molecule has 1 atom stereocenters. The summed E-state index contributed by atoms with van der Waals surface area (Å²) in [6.07, 6.45) is 0. The van der Waals surface area contributed by atoms with Gasteiger partial charge in [-0.1, -0.05) is 48.5 Å². The molecule has 3 aromatic rings. The van der Waals surface area contributed by atoms with E-state index in [1.807, 2.05) is 6.07 Å². The molecule has 0 amide bonds. The highest BCUT2D eigenvalue weighted by Crippen LogP contribution is 2.29. The molecule has 0 spiro atoms. The molecule has 3 heteroatoms. The van der Waals surface area contributed by atoms with Crippen molar-refractivity contribution in [1.29, 1.82) is 0 Å². The van der Waals surface area contributed by atoms with Crippen LogP contribution < -0.4 is 11.1 Å². The highest BCUT2D eigenvalue weighted by atomic mass is 32.1. The lowest BCUT2D eigenvalue weighted by Gasteiger charge is -2.16. The van der Waals surface area contributed by atoms with Gasteiger partial charge in [-0.3, -0.25) is 0 Å². The van der Waals surface area contributed by atoms with E-state index in [0.29, 0.717) is 6.54 Å². The first kappa shape index (κ1) is 13.3. The van der Waals surface area contributed by atoms with E-state index in [1.54, 1.807) is 11.3 Å². The van der Waals surface area contributed by atoms with Gasteiger partial charge in [-0.25, -0.2) is 0 Å². The molecule has 0 bridgehead atoms. The molecule has 1 heterocycles. The van der Waals surface area contributed by atoms with Crippen LogP contribution in [0.25, 0.3) is 10.1 Å². The summed E-state index contributed by atoms with van der Waals surface area (Å²) in [6, 6.07) is 19.1. The minimum atomic E-state index is 0.200. The van der Waals surface area contributed by atoms with E-state index >= 15 is 0 Å². The largest absolute Gasteiger partial charge is 0.329 e. The first-order valence-corrected chi connectivity index (χ1v) is 7.70. The Morgan fingerprint density at radius 3 is 2.55 bits per heavy atom. The fraction of sp³-hybridized carbons (Fsp3) is 0.176. The predicted octanol–water partition coefficient (Wildman–Crippen LogP) is 3.69. The van der Waals surface area contributed by atoms with E-state index < -0.39 is 0 Å². The summed E-state index contributed by atoms with van der Waals surface area (Å²) in [4.78, 5) is 0. The van der Waals surface area contributed by atoms with Crippen molar-refractivity contribution in [3.63, 3.8) is 0 Å². The molecule has 2 aromatic carbocycles. The Morgan fingerprint density at radius 1 is 1.00 bits per heavy atom. The molecule has 3 N–H and O–H groups in total. The van der Waals surface area contributed by atoms with Crippen LogP contribution in [-0.2, 0) is 6.54 Å². The number of fused-ring (bicyclic) bond motifs is 1. The number of thiophene rings is 1. The zero-order chi connectivity index (χ0) is 13.8. The SMILES string of the molecule is NCC(NCc1ccccc1)c1csc2ccccc12. The zero-order valence-corrected chi connectivity index (χ0v) is 12.1. The molecule has 0 aliphatic rings. The highest BCUT2D eigenvalue weighted by Gasteiger charge is 2.13. The summed E-state index contributed by atoms with van der Waals surface area (Å²) in [6.45, 7) is 1.44. The second kappa shape index (κ2) is 6.18. The van der Waals surface area contributed by atoms with Gasteiger partial charge in [0.05, 0.1) is 0 Å². The van der Waals surface area contributed by atoms with Crippen LogP contribution >= 0.6 is 11.3 Å². The third kappa shape index (κ3) is 2.75. The molecule has 0 saturated heterocycles. The van der Waals surface area contributed by atoms with Crippen molar-refractivity contribution >= 4 is 21.4 Å². The van der Waals surface area contributed by atoms with Crippen molar-refractivity contribution < 1.29 is 0 Å². The van der Waals surface area contributed by atoms with Crippen molar-refractivity contribution in [2.24, 2.45) is 5.73 Å². The minimum absolute atomic E-state index is 0.200. The maximum Gasteiger partial charge on any atom is 0.0461 e. The van der Waals surface area contributed by atoms with Gasteiger partial charge in [0.25, 0.3) is 0 Å². The monoisotopic (exact) mass is 282 g/mol. The summed E-state index contributed by atoms with van der Waals surface area (Å²) in [5.74, 6) is 0. The molecule has 20 heavy (non-hydrogen) atoms. The van der Waals surface area contributed by atoms with Gasteiger partial charge in [0, 0.05) is 23.8 Å². The number of benzene rings is 2. The smallest absolute Gasteiger partial charge is 0.0461 e. The highest BCUT2D eigenvalue weighted by molar-refractivity contribution is 7.17. The Bertz CT molecular complexity index is 676. The van der Waals surface area contributed by atoms with E-state index in [0.717, 1.165) is 6.54 Å². The Morgan fingerprint density at radius 2 is 1.75 bits per heavy atom. The maximum atomic E-state index is 5.96. The molecule has 1 unspecified atom stereocenters. The first-order chi connectivity index (χ1) is 9.88. The van der Waals surface area contributed by atoms with Gasteiger partial charge in [-0.05, 0) is 28.0 Å². The second-order valence-electron chi connectivity index (χ2n) is 4.84. The van der Waals surface area contributed by atoms with Gasteiger partial charge in [-0.15, -0.1) is 11.3 Å². The van der Waals surface area contributed by atoms with Crippen molar-refractivity contribution in [3.8, 4) is 0 Å². The average molecular weight is 282 g/mol. The quantitative estimate of drug-likeness (QED) is 0.749. The van der Waals surface area contributed by atoms with Crippen LogP contribution in [0.5, 0.6) is 0 Å². The number of hydrogen-bond donors (Lipinski definition) is 2. The van der Waals surface area contributed by atoms with Gasteiger partial charge in [0.2, 0.25) is 0 Å². The first-order valence-electron chi connectivity index (χ1n) is 6.82. The molecule has 0 aliphatic carbocycles. The molecule has 2 nitrogen and oxygen atoms in total. The van der Waals surface area contributed by atoms with E-state index in [2.05, 4.69) is 59.2 Å². The maximum absolute atomic E-state index is 5.96. The molecule has 0 saturated carbocycles. The lowest BCUT2D eigenvalue weighted by atomic mass is 10.1. The van der Waals surface area contributed by atoms with Crippen LogP contribution in [0.15, 0.2) is 60.0 Å². The van der Waals surface area contributed by atoms with Crippen LogP contribution in [0, 0.1) is 0 Å². The van der Waals surface area contributed by atoms with Crippen molar-refractivity contribution in [2.45, 2.75) is 12.6 Å². The van der Waals surface area contributed by atoms with E-state index in [4.69, 9.17) is 5.73 Å². The molecule has 0 aliphatic heterocycles. The minimum Gasteiger partial charge on any atom is -0.329 e. The average Bonchev–Trinajstić information content (AvgIpc) is 2.93. The lowest BCUT2D eigenvalue weighted by Crippen LogP contribution is -2.27. The Kier molecular flexibility index (Phi) is 4.11. The van der Waals surface area contributed by atoms with Crippen molar-refractivity contribution in [3.05, 3.63) is 71.1 Å². The van der Waals surface area contributed by atoms with E-state index in [1.165, 1.54) is 21.2 Å². The summed E-state index contributed by atoms with van der Waals surface area (Å²) < 4.78 is 1.32. The van der Waals surface area contributed by atoms with Crippen molar-refractivity contribution in [2.75, 3.05) is 6.54 Å². The third-order valence-electron chi connectivity index (χ3n) is 3.52. The fourth-order valence-corrected chi connectivity index (χ4v) is 3.44. The summed E-state index contributed by atoms with van der Waals surface area (Å²) in [5, 5.41) is 7.10.